The van der Waals surface area contributed by atoms with Crippen molar-refractivity contribution in [3.8, 4) is 0 Å². The van der Waals surface area contributed by atoms with E-state index in [1.165, 1.54) is 48.8 Å². The average molecular weight is 487 g/mol. The first-order chi connectivity index (χ1) is 12.7. The summed E-state index contributed by atoms with van der Waals surface area (Å²) in [5.41, 5.74) is 8.26. The third kappa shape index (κ3) is 9.97. The van der Waals surface area contributed by atoms with Gasteiger partial charge in [-0.2, -0.15) is 0 Å². The molecule has 1 amide bonds. The van der Waals surface area contributed by atoms with Gasteiger partial charge in [0, 0.05) is 28.5 Å². The average Bonchev–Trinajstić information content (AvgIpc) is 3.33. The molecule has 2 fully saturated rings. The largest absolute Gasteiger partial charge is 4.00 e. The van der Waals surface area contributed by atoms with Crippen molar-refractivity contribution in [2.24, 2.45) is 5.92 Å². The Hall–Kier alpha value is -0.389. The SMILES string of the molecule is C[Si]C.[Cl-].[Cl-].[NH-]C(=O)C1CCCCC1.[Ti+4].c1ccc2c(N3CCCC3)c[cH-]c2c1. The third-order valence-corrected chi connectivity index (χ3v) is 5.08. The van der Waals surface area contributed by atoms with Gasteiger partial charge in [0.1, 0.15) is 0 Å². The Morgan fingerprint density at radius 1 is 1.03 bits per heavy atom. The molecule has 2 radical (unpaired) electrons. The van der Waals surface area contributed by atoms with E-state index in [0.717, 1.165) is 35.2 Å². The summed E-state index contributed by atoms with van der Waals surface area (Å²) in [4.78, 5) is 13.0. The van der Waals surface area contributed by atoms with Gasteiger partial charge in [0.25, 0.3) is 0 Å². The molecule has 1 saturated heterocycles. The molecule has 2 aromatic carbocycles. The number of benzene rings is 1. The van der Waals surface area contributed by atoms with Crippen LogP contribution in [-0.2, 0) is 26.5 Å². The molecule has 4 rings (SSSR count). The fourth-order valence-corrected chi connectivity index (χ4v) is 3.73. The van der Waals surface area contributed by atoms with Crippen LogP contribution in [-0.4, -0.2) is 28.5 Å². The predicted molar refractivity (Wildman–Crippen MR) is 114 cm³/mol. The van der Waals surface area contributed by atoms with Gasteiger partial charge in [0.15, 0.2) is 0 Å². The van der Waals surface area contributed by atoms with E-state index >= 15 is 0 Å². The van der Waals surface area contributed by atoms with Crippen LogP contribution in [0.3, 0.4) is 0 Å². The van der Waals surface area contributed by atoms with E-state index in [0.29, 0.717) is 0 Å². The minimum atomic E-state index is -0.352. The van der Waals surface area contributed by atoms with Gasteiger partial charge in [-0.25, -0.2) is 0 Å². The first-order valence-corrected chi connectivity index (χ1v) is 11.9. The molecule has 0 spiro atoms. The van der Waals surface area contributed by atoms with Crippen molar-refractivity contribution in [3.05, 3.63) is 42.1 Å². The monoisotopic (exact) mass is 486 g/mol. The Balaban J connectivity index is 0. The molecule has 1 saturated carbocycles. The molecular formula is C22H32Cl2N2OSiTi. The number of hydrogen-bond acceptors (Lipinski definition) is 2. The second kappa shape index (κ2) is 17.3. The summed E-state index contributed by atoms with van der Waals surface area (Å²) in [6.07, 6.45) is 8.16. The van der Waals surface area contributed by atoms with Crippen molar-refractivity contribution in [2.75, 3.05) is 18.0 Å². The van der Waals surface area contributed by atoms with Crippen LogP contribution >= 0.6 is 0 Å². The van der Waals surface area contributed by atoms with Crippen molar-refractivity contribution in [2.45, 2.75) is 58.0 Å². The zero-order valence-corrected chi connectivity index (χ0v) is 21.6. The zero-order chi connectivity index (χ0) is 18.8. The van der Waals surface area contributed by atoms with E-state index in [4.69, 9.17) is 5.73 Å². The Bertz CT molecular complexity index is 672. The Morgan fingerprint density at radius 2 is 1.59 bits per heavy atom. The van der Waals surface area contributed by atoms with Crippen LogP contribution in [0.15, 0.2) is 36.4 Å². The van der Waals surface area contributed by atoms with Gasteiger partial charge in [0.2, 0.25) is 0 Å². The number of hydrogen-bond donors (Lipinski definition) is 0. The van der Waals surface area contributed by atoms with Gasteiger partial charge in [0.05, 0.1) is 5.91 Å². The molecule has 3 nitrogen and oxygen atoms in total. The van der Waals surface area contributed by atoms with Crippen molar-refractivity contribution in [1.29, 1.82) is 0 Å². The van der Waals surface area contributed by atoms with E-state index in [1.807, 2.05) is 0 Å². The molecule has 1 aliphatic carbocycles. The third-order valence-electron chi connectivity index (χ3n) is 5.08. The van der Waals surface area contributed by atoms with Crippen LogP contribution in [0.5, 0.6) is 0 Å². The van der Waals surface area contributed by atoms with Crippen molar-refractivity contribution < 1.29 is 51.3 Å². The van der Waals surface area contributed by atoms with E-state index in [2.05, 4.69) is 54.4 Å². The fourth-order valence-electron chi connectivity index (χ4n) is 3.73. The Labute approximate surface area is 206 Å². The predicted octanol–water partition coefficient (Wildman–Crippen LogP) is 0.0967. The number of amides is 1. The van der Waals surface area contributed by atoms with Crippen LogP contribution in [0, 0.1) is 5.92 Å². The molecule has 0 aromatic heterocycles. The smallest absolute Gasteiger partial charge is 1.00 e. The number of carbonyl (C=O) groups excluding carboxylic acids is 1. The van der Waals surface area contributed by atoms with Crippen LogP contribution in [0.4, 0.5) is 5.69 Å². The number of halogens is 2. The summed E-state index contributed by atoms with van der Waals surface area (Å²) in [6, 6.07) is 13.1. The molecule has 7 heteroatoms. The van der Waals surface area contributed by atoms with Crippen molar-refractivity contribution in [3.63, 3.8) is 0 Å². The normalized spacial score (nSPS) is 15.4. The second-order valence-electron chi connectivity index (χ2n) is 7.20. The fraction of sp³-hybridized carbons (Fsp3) is 0.545. The molecule has 1 heterocycles. The standard InChI is InChI=1S/C13H14N.C7H13NO.C2H6Si.2ClH.Ti/c1-2-6-12-11(5-1)7-8-13(12)14-9-3-4-10-14;8-7(9)6-4-2-1-3-5-6;1-3-2;;;/h1-2,5-8H,3-4,9-10H2;6H,1-5H2,(H2,8,9);1-2H3;2*1H;/q-1;;;;;+4/p-3. The summed E-state index contributed by atoms with van der Waals surface area (Å²) >= 11 is 0. The molecule has 2 aliphatic rings. The summed E-state index contributed by atoms with van der Waals surface area (Å²) in [7, 11) is 1.08. The molecule has 1 N–H and O–H groups in total. The summed E-state index contributed by atoms with van der Waals surface area (Å²) in [5, 5.41) is 2.78. The number of anilines is 1. The summed E-state index contributed by atoms with van der Waals surface area (Å²) < 4.78 is 0. The molecule has 0 bridgehead atoms. The van der Waals surface area contributed by atoms with Gasteiger partial charge in [-0.15, -0.1) is 41.1 Å². The topological polar surface area (TPSA) is 44.1 Å². The van der Waals surface area contributed by atoms with Crippen LogP contribution < -0.4 is 29.7 Å². The molecule has 0 atom stereocenters. The van der Waals surface area contributed by atoms with Crippen molar-refractivity contribution >= 4 is 31.9 Å². The number of fused-ring (bicyclic) bond motifs is 1. The first kappa shape index (κ1) is 30.8. The van der Waals surface area contributed by atoms with Crippen molar-refractivity contribution in [1.82, 2.24) is 0 Å². The minimum absolute atomic E-state index is 0. The van der Waals surface area contributed by atoms with Gasteiger partial charge in [-0.05, 0) is 25.7 Å². The van der Waals surface area contributed by atoms with E-state index < -0.39 is 0 Å². The van der Waals surface area contributed by atoms with Gasteiger partial charge < -0.3 is 40.2 Å². The Kier molecular flexibility index (Phi) is 18.4. The number of nitrogens with one attached hydrogen (secondary N) is 1. The summed E-state index contributed by atoms with van der Waals surface area (Å²) in [5.74, 6) is -0.270. The number of nitrogens with zero attached hydrogens (tertiary/aromatic N) is 1. The second-order valence-corrected chi connectivity index (χ2v) is 8.20. The van der Waals surface area contributed by atoms with E-state index in [9.17, 15) is 4.79 Å². The molecular weight excluding hydrogens is 455 g/mol. The quantitative estimate of drug-likeness (QED) is 0.446. The maximum atomic E-state index is 10.5. The van der Waals surface area contributed by atoms with Crippen LogP contribution in [0.25, 0.3) is 16.5 Å². The van der Waals surface area contributed by atoms with Gasteiger partial charge in [-0.3, -0.25) is 0 Å². The van der Waals surface area contributed by atoms with E-state index in [-0.39, 0.29) is 58.4 Å². The maximum Gasteiger partial charge on any atom is 4.00 e. The van der Waals surface area contributed by atoms with Crippen LogP contribution in [0.2, 0.25) is 13.1 Å². The number of rotatable bonds is 2. The van der Waals surface area contributed by atoms with E-state index in [1.54, 1.807) is 0 Å². The minimum Gasteiger partial charge on any atom is -1.00 e. The zero-order valence-electron chi connectivity index (χ0n) is 17.5. The van der Waals surface area contributed by atoms with Crippen LogP contribution in [0.1, 0.15) is 44.9 Å². The molecule has 0 unspecified atom stereocenters. The first-order valence-electron chi connectivity index (χ1n) is 9.90. The summed E-state index contributed by atoms with van der Waals surface area (Å²) in [6.45, 7) is 6.77. The molecule has 1 aliphatic heterocycles. The molecule has 158 valence electrons. The Morgan fingerprint density at radius 3 is 2.10 bits per heavy atom. The number of carbonyl (C=O) groups is 1. The molecule has 2 aromatic rings. The van der Waals surface area contributed by atoms with Gasteiger partial charge >= 0.3 is 21.7 Å². The van der Waals surface area contributed by atoms with Gasteiger partial charge in [-0.1, -0.05) is 44.1 Å². The maximum absolute atomic E-state index is 10.5. The molecule has 29 heavy (non-hydrogen) atoms.